The van der Waals surface area contributed by atoms with Crippen LogP contribution >= 0.6 is 11.7 Å². The third-order valence-electron chi connectivity index (χ3n) is 3.66. The Bertz CT molecular complexity index is 935. The lowest BCUT2D eigenvalue weighted by Gasteiger charge is -2.21. The summed E-state index contributed by atoms with van der Waals surface area (Å²) in [5, 5.41) is 0. The van der Waals surface area contributed by atoms with Gasteiger partial charge in [0.25, 0.3) is 0 Å². The Labute approximate surface area is 140 Å². The van der Waals surface area contributed by atoms with E-state index in [1.54, 1.807) is 18.2 Å². The van der Waals surface area contributed by atoms with Gasteiger partial charge in [0, 0.05) is 13.1 Å². The van der Waals surface area contributed by atoms with Gasteiger partial charge in [-0.15, -0.1) is 0 Å². The van der Waals surface area contributed by atoms with Crippen molar-refractivity contribution in [3.63, 3.8) is 0 Å². The summed E-state index contributed by atoms with van der Waals surface area (Å²) in [6, 6.07) is 13.0. The quantitative estimate of drug-likeness (QED) is 0.711. The largest absolute Gasteiger partial charge is 0.245 e. The average Bonchev–Trinajstić information content (AvgIpc) is 3.00. The van der Waals surface area contributed by atoms with Gasteiger partial charge in [-0.25, -0.2) is 8.42 Å². The lowest BCUT2D eigenvalue weighted by atomic mass is 10.1. The lowest BCUT2D eigenvalue weighted by molar-refractivity contribution is 0.424. The maximum atomic E-state index is 13.0. The van der Waals surface area contributed by atoms with Crippen molar-refractivity contribution in [2.24, 2.45) is 0 Å². The van der Waals surface area contributed by atoms with Crippen LogP contribution in [0.25, 0.3) is 11.0 Å². The van der Waals surface area contributed by atoms with E-state index in [4.69, 9.17) is 0 Å². The fourth-order valence-electron chi connectivity index (χ4n) is 2.51. The first-order chi connectivity index (χ1) is 11.0. The number of nitrogens with zero attached hydrogens (tertiary/aromatic N) is 3. The summed E-state index contributed by atoms with van der Waals surface area (Å²) >= 11 is 1.03. The molecule has 1 heterocycles. The van der Waals surface area contributed by atoms with Crippen molar-refractivity contribution in [2.75, 3.05) is 6.54 Å². The second-order valence-electron chi connectivity index (χ2n) is 5.31. The molecule has 3 aromatic rings. The first-order valence-electron chi connectivity index (χ1n) is 7.29. The van der Waals surface area contributed by atoms with E-state index in [2.05, 4.69) is 8.75 Å². The predicted octanol–water partition coefficient (Wildman–Crippen LogP) is 3.21. The van der Waals surface area contributed by atoms with Crippen LogP contribution in [0.15, 0.2) is 47.4 Å². The summed E-state index contributed by atoms with van der Waals surface area (Å²) < 4.78 is 35.8. The van der Waals surface area contributed by atoms with E-state index < -0.39 is 10.0 Å². The molecule has 0 amide bonds. The minimum Gasteiger partial charge on any atom is -0.207 e. The van der Waals surface area contributed by atoms with Gasteiger partial charge in [-0.1, -0.05) is 42.8 Å². The first kappa shape index (κ1) is 16.0. The van der Waals surface area contributed by atoms with Crippen LogP contribution in [0, 0.1) is 6.92 Å². The van der Waals surface area contributed by atoms with Gasteiger partial charge in [0.05, 0.1) is 11.7 Å². The Morgan fingerprint density at radius 3 is 2.65 bits per heavy atom. The number of aromatic nitrogens is 2. The van der Waals surface area contributed by atoms with Gasteiger partial charge >= 0.3 is 0 Å². The van der Waals surface area contributed by atoms with Crippen LogP contribution in [0.3, 0.4) is 0 Å². The maximum absolute atomic E-state index is 13.0. The molecule has 120 valence electrons. The van der Waals surface area contributed by atoms with E-state index in [1.165, 1.54) is 4.31 Å². The minimum absolute atomic E-state index is 0.221. The van der Waals surface area contributed by atoms with Crippen LogP contribution in [-0.4, -0.2) is 28.0 Å². The highest BCUT2D eigenvalue weighted by atomic mass is 32.2. The Morgan fingerprint density at radius 1 is 1.13 bits per heavy atom. The molecule has 23 heavy (non-hydrogen) atoms. The van der Waals surface area contributed by atoms with Crippen LogP contribution < -0.4 is 0 Å². The predicted molar refractivity (Wildman–Crippen MR) is 91.9 cm³/mol. The summed E-state index contributed by atoms with van der Waals surface area (Å²) in [6.45, 7) is 4.57. The van der Waals surface area contributed by atoms with Crippen molar-refractivity contribution in [3.8, 4) is 0 Å². The topological polar surface area (TPSA) is 63.2 Å². The Kier molecular flexibility index (Phi) is 4.43. The lowest BCUT2D eigenvalue weighted by Crippen LogP contribution is -2.30. The van der Waals surface area contributed by atoms with Crippen molar-refractivity contribution in [2.45, 2.75) is 25.3 Å². The van der Waals surface area contributed by atoms with E-state index >= 15 is 0 Å². The number of benzene rings is 2. The van der Waals surface area contributed by atoms with Gasteiger partial charge in [-0.2, -0.15) is 13.1 Å². The summed E-state index contributed by atoms with van der Waals surface area (Å²) in [6.07, 6.45) is 0. The van der Waals surface area contributed by atoms with Crippen molar-refractivity contribution < 1.29 is 8.42 Å². The van der Waals surface area contributed by atoms with E-state index in [0.717, 1.165) is 22.9 Å². The molecule has 0 saturated carbocycles. The molecule has 0 spiro atoms. The Balaban J connectivity index is 2.01. The van der Waals surface area contributed by atoms with Crippen LogP contribution in [0.2, 0.25) is 0 Å². The number of fused-ring (bicyclic) bond motifs is 1. The molecule has 0 aliphatic carbocycles. The zero-order valence-electron chi connectivity index (χ0n) is 12.9. The van der Waals surface area contributed by atoms with Gasteiger partial charge in [0.1, 0.15) is 15.9 Å². The van der Waals surface area contributed by atoms with E-state index in [-0.39, 0.29) is 4.90 Å². The highest BCUT2D eigenvalue weighted by Crippen LogP contribution is 2.25. The van der Waals surface area contributed by atoms with Crippen molar-refractivity contribution in [1.82, 2.24) is 13.1 Å². The third-order valence-corrected chi connectivity index (χ3v) is 6.16. The molecule has 1 aromatic heterocycles. The number of hydrogen-bond acceptors (Lipinski definition) is 5. The van der Waals surface area contributed by atoms with E-state index in [0.29, 0.717) is 24.1 Å². The van der Waals surface area contributed by atoms with E-state index in [9.17, 15) is 8.42 Å². The second kappa shape index (κ2) is 6.35. The normalized spacial score (nSPS) is 12.1. The molecule has 0 radical (unpaired) electrons. The molecule has 0 saturated heterocycles. The zero-order valence-corrected chi connectivity index (χ0v) is 14.6. The van der Waals surface area contributed by atoms with Crippen LogP contribution in [0.5, 0.6) is 0 Å². The van der Waals surface area contributed by atoms with E-state index in [1.807, 2.05) is 38.1 Å². The SMILES string of the molecule is CCN(Cc1cccc(C)c1)S(=O)(=O)c1cccc2nsnc12. The molecule has 0 aliphatic heterocycles. The number of hydrogen-bond donors (Lipinski definition) is 0. The smallest absolute Gasteiger partial charge is 0.207 e. The number of aryl methyl sites for hydroxylation is 1. The molecule has 2 aromatic carbocycles. The Hall–Kier alpha value is -1.83. The van der Waals surface area contributed by atoms with Crippen molar-refractivity contribution >= 4 is 32.8 Å². The molecule has 0 bridgehead atoms. The number of rotatable bonds is 5. The zero-order chi connectivity index (χ0) is 16.4. The molecule has 7 heteroatoms. The second-order valence-corrected chi connectivity index (χ2v) is 7.74. The van der Waals surface area contributed by atoms with Crippen LogP contribution in [0.1, 0.15) is 18.1 Å². The molecule has 3 rings (SSSR count). The average molecular weight is 347 g/mol. The first-order valence-corrected chi connectivity index (χ1v) is 9.46. The third kappa shape index (κ3) is 3.12. The van der Waals surface area contributed by atoms with Crippen LogP contribution in [-0.2, 0) is 16.6 Å². The summed E-state index contributed by atoms with van der Waals surface area (Å²) in [5.41, 5.74) is 3.14. The van der Waals surface area contributed by atoms with Gasteiger partial charge in [-0.3, -0.25) is 0 Å². The van der Waals surface area contributed by atoms with Crippen LogP contribution in [0.4, 0.5) is 0 Å². The van der Waals surface area contributed by atoms with Gasteiger partial charge in [0.15, 0.2) is 0 Å². The number of sulfonamides is 1. The minimum atomic E-state index is -3.62. The highest BCUT2D eigenvalue weighted by Gasteiger charge is 2.26. The highest BCUT2D eigenvalue weighted by molar-refractivity contribution is 7.89. The molecule has 0 aliphatic rings. The molecule has 0 N–H and O–H groups in total. The van der Waals surface area contributed by atoms with Gasteiger partial charge in [0.2, 0.25) is 10.0 Å². The molecule has 0 unspecified atom stereocenters. The summed E-state index contributed by atoms with van der Waals surface area (Å²) in [7, 11) is -3.62. The fourth-order valence-corrected chi connectivity index (χ4v) is 4.70. The molecular weight excluding hydrogens is 330 g/mol. The molecule has 0 atom stereocenters. The van der Waals surface area contributed by atoms with Gasteiger partial charge < -0.3 is 0 Å². The molecule has 0 fully saturated rings. The Morgan fingerprint density at radius 2 is 1.91 bits per heavy atom. The monoisotopic (exact) mass is 347 g/mol. The summed E-state index contributed by atoms with van der Waals surface area (Å²) in [4.78, 5) is 0.221. The van der Waals surface area contributed by atoms with Gasteiger partial charge in [-0.05, 0) is 24.6 Å². The fraction of sp³-hybridized carbons (Fsp3) is 0.250. The van der Waals surface area contributed by atoms with Crippen molar-refractivity contribution in [1.29, 1.82) is 0 Å². The molecular formula is C16H17N3O2S2. The van der Waals surface area contributed by atoms with Crippen molar-refractivity contribution in [3.05, 3.63) is 53.6 Å². The standard InChI is InChI=1S/C16H17N3O2S2/c1-3-19(11-13-7-4-6-12(2)10-13)23(20,21)15-9-5-8-14-16(15)18-22-17-14/h4-10H,3,11H2,1-2H3. The summed E-state index contributed by atoms with van der Waals surface area (Å²) in [5.74, 6) is 0. The maximum Gasteiger partial charge on any atom is 0.245 e. The molecule has 5 nitrogen and oxygen atoms in total.